The second-order valence-corrected chi connectivity index (χ2v) is 8.88. The molecule has 4 rings (SSSR count). The molecule has 0 saturated heterocycles. The van der Waals surface area contributed by atoms with Crippen LogP contribution in [0.15, 0.2) is 143 Å². The van der Waals surface area contributed by atoms with Crippen LogP contribution >= 0.6 is 15.9 Å². The van der Waals surface area contributed by atoms with Crippen molar-refractivity contribution in [2.75, 3.05) is 18.5 Å². The number of nitriles is 1. The molecule has 3 aromatic rings. The molecule has 0 saturated carbocycles. The fraction of sp³-hybridized carbons (Fsp3) is 0.226. The Bertz CT molecular complexity index is 1220. The van der Waals surface area contributed by atoms with E-state index in [2.05, 4.69) is 108 Å². The van der Waals surface area contributed by atoms with E-state index in [1.54, 1.807) is 49.3 Å². The lowest BCUT2D eigenvalue weighted by Gasteiger charge is -2.18. The van der Waals surface area contributed by atoms with E-state index in [0.29, 0.717) is 0 Å². The predicted molar refractivity (Wildman–Crippen MR) is 172 cm³/mol. The van der Waals surface area contributed by atoms with E-state index in [4.69, 9.17) is 5.26 Å². The zero-order valence-electron chi connectivity index (χ0n) is 23.8. The van der Waals surface area contributed by atoms with E-state index >= 15 is 0 Å². The maximum atomic E-state index is 7.32. The fourth-order valence-electron chi connectivity index (χ4n) is 3.22. The number of aromatic nitrogens is 6. The van der Waals surface area contributed by atoms with Crippen LogP contribution in [0.5, 0.6) is 0 Å². The molecular weight excluding hydrogens is 578 g/mol. The van der Waals surface area contributed by atoms with Gasteiger partial charge in [-0.2, -0.15) is 5.26 Å². The maximum absolute atomic E-state index is 7.32. The SMILES string of the molecule is C=CC=CCBr.C=CC=CCN1C=CN(C[n+]2ccn(CC=CC=C)c2)C1.CC#N.[2HH].c1cn(Cn2ccnc2)cn1. The van der Waals surface area contributed by atoms with Gasteiger partial charge in [0.2, 0.25) is 6.33 Å². The van der Waals surface area contributed by atoms with Crippen LogP contribution in [0.25, 0.3) is 0 Å². The van der Waals surface area contributed by atoms with Crippen molar-refractivity contribution in [1.29, 1.82) is 5.26 Å². The highest BCUT2D eigenvalue weighted by Gasteiger charge is 2.13. The molecular formula is C31H43BrN9+. The monoisotopic (exact) mass is 621 g/mol. The second kappa shape index (κ2) is 23.3. The Balaban J connectivity index is 0.000000666. The van der Waals surface area contributed by atoms with Crippen molar-refractivity contribution < 1.29 is 5.99 Å². The summed E-state index contributed by atoms with van der Waals surface area (Å²) in [5.74, 6) is 0. The predicted octanol–water partition coefficient (Wildman–Crippen LogP) is 5.75. The summed E-state index contributed by atoms with van der Waals surface area (Å²) >= 11 is 3.22. The molecule has 10 heteroatoms. The molecule has 0 aromatic carbocycles. The van der Waals surface area contributed by atoms with Gasteiger partial charge in [-0.1, -0.05) is 84.3 Å². The lowest BCUT2D eigenvalue weighted by molar-refractivity contribution is -0.713. The molecule has 0 radical (unpaired) electrons. The van der Waals surface area contributed by atoms with Gasteiger partial charge in [-0.3, -0.25) is 0 Å². The van der Waals surface area contributed by atoms with Crippen LogP contribution in [-0.4, -0.2) is 52.0 Å². The van der Waals surface area contributed by atoms with Crippen LogP contribution in [0.2, 0.25) is 0 Å². The molecule has 3 aromatic heterocycles. The highest BCUT2D eigenvalue weighted by molar-refractivity contribution is 9.09. The molecule has 0 N–H and O–H groups in total. The molecule has 218 valence electrons. The Morgan fingerprint density at radius 3 is 1.95 bits per heavy atom. The van der Waals surface area contributed by atoms with Crippen LogP contribution in [0.3, 0.4) is 0 Å². The topological polar surface area (TPSA) is 74.7 Å². The third kappa shape index (κ3) is 16.8. The Hall–Kier alpha value is -4.62. The summed E-state index contributed by atoms with van der Waals surface area (Å²) in [6.45, 7) is 16.6. The van der Waals surface area contributed by atoms with E-state index < -0.39 is 0 Å². The average Bonchev–Trinajstić information content (AvgIpc) is 3.80. The first-order valence-electron chi connectivity index (χ1n) is 12.9. The Kier molecular flexibility index (Phi) is 19.5. The normalized spacial score (nSPS) is 11.8. The first-order valence-corrected chi connectivity index (χ1v) is 14.0. The van der Waals surface area contributed by atoms with Gasteiger partial charge in [-0.25, -0.2) is 19.1 Å². The molecule has 0 aliphatic carbocycles. The molecule has 0 atom stereocenters. The fourth-order valence-corrected chi connectivity index (χ4v) is 3.43. The lowest BCUT2D eigenvalue weighted by atomic mass is 10.4. The van der Waals surface area contributed by atoms with Crippen molar-refractivity contribution in [2.24, 2.45) is 0 Å². The summed E-state index contributed by atoms with van der Waals surface area (Å²) in [5.41, 5.74) is 0. The van der Waals surface area contributed by atoms with Crippen LogP contribution in [0, 0.1) is 11.3 Å². The average molecular weight is 623 g/mol. The molecule has 41 heavy (non-hydrogen) atoms. The van der Waals surface area contributed by atoms with Crippen molar-refractivity contribution in [2.45, 2.75) is 26.8 Å². The third-order valence-corrected chi connectivity index (χ3v) is 5.32. The smallest absolute Gasteiger partial charge is 0.245 e. The molecule has 0 fully saturated rings. The summed E-state index contributed by atoms with van der Waals surface area (Å²) in [6.07, 6.45) is 38.8. The van der Waals surface area contributed by atoms with Gasteiger partial charge in [0.25, 0.3) is 0 Å². The Labute approximate surface area is 254 Å². The molecule has 0 bridgehead atoms. The van der Waals surface area contributed by atoms with Gasteiger partial charge < -0.3 is 18.9 Å². The first kappa shape index (κ1) is 34.4. The van der Waals surface area contributed by atoms with Gasteiger partial charge in [0.15, 0.2) is 6.67 Å². The molecule has 4 heterocycles. The number of nitrogens with zero attached hydrogens (tertiary/aromatic N) is 9. The van der Waals surface area contributed by atoms with Gasteiger partial charge in [-0.05, 0) is 6.08 Å². The number of allylic oxidation sites excluding steroid dienone is 8. The number of rotatable bonds is 12. The standard InChI is InChI=1S/C17H23N4.C7H8N4.C5H7Br.C2H3N.H2/c1-3-5-7-9-18-11-13-20(15-18)17-21-14-12-19(16-21)10-8-6-4-2;1-3-10(5-8-1)7-11-4-2-9-6-11;1-2-3-4-5-6;1-2-3;/h3-8,11-15H,1-2,9-10,16-17H2;1-6H,7H2;2-4H,1,5H2;1H3;1H/q+1;;;;/i;;;;1+1. The highest BCUT2D eigenvalue weighted by Crippen LogP contribution is 2.05. The van der Waals surface area contributed by atoms with E-state index in [-0.39, 0.29) is 1.43 Å². The largest absolute Gasteiger partial charge is 0.355 e. The summed E-state index contributed by atoms with van der Waals surface area (Å²) in [5, 5.41) is 8.24. The van der Waals surface area contributed by atoms with Crippen LogP contribution in [0.4, 0.5) is 0 Å². The van der Waals surface area contributed by atoms with Crippen molar-refractivity contribution >= 4 is 15.9 Å². The highest BCUT2D eigenvalue weighted by atomic mass is 79.9. The first-order chi connectivity index (χ1) is 20.1. The summed E-state index contributed by atoms with van der Waals surface area (Å²) in [4.78, 5) is 12.4. The van der Waals surface area contributed by atoms with Crippen LogP contribution in [0.1, 0.15) is 8.35 Å². The summed E-state index contributed by atoms with van der Waals surface area (Å²) in [6, 6.07) is 1.75. The molecule has 9 nitrogen and oxygen atoms in total. The molecule has 1 aliphatic rings. The number of imidazole rings is 3. The molecule has 1 aliphatic heterocycles. The zero-order chi connectivity index (χ0) is 30.0. The van der Waals surface area contributed by atoms with Gasteiger partial charge in [0.1, 0.15) is 25.6 Å². The number of halogens is 1. The lowest BCUT2D eigenvalue weighted by Crippen LogP contribution is -2.41. The molecule has 0 amide bonds. The van der Waals surface area contributed by atoms with Gasteiger partial charge in [0.05, 0.1) is 25.4 Å². The van der Waals surface area contributed by atoms with Crippen molar-refractivity contribution in [1.82, 2.24) is 33.5 Å². The second-order valence-electron chi connectivity index (χ2n) is 8.23. The van der Waals surface area contributed by atoms with Crippen molar-refractivity contribution in [3.8, 4) is 6.07 Å². The third-order valence-electron chi connectivity index (χ3n) is 4.95. The van der Waals surface area contributed by atoms with Gasteiger partial charge >= 0.3 is 0 Å². The van der Waals surface area contributed by atoms with E-state index in [1.165, 1.54) is 6.92 Å². The Morgan fingerprint density at radius 1 is 0.878 bits per heavy atom. The van der Waals surface area contributed by atoms with E-state index in [1.807, 2.05) is 45.8 Å². The minimum Gasteiger partial charge on any atom is -0.355 e. The number of hydrogen-bond acceptors (Lipinski definition) is 5. The minimum absolute atomic E-state index is 0. The summed E-state index contributed by atoms with van der Waals surface area (Å²) < 4.78 is 8.27. The van der Waals surface area contributed by atoms with E-state index in [0.717, 1.165) is 38.4 Å². The van der Waals surface area contributed by atoms with Crippen LogP contribution in [-0.2, 0) is 19.9 Å². The molecule has 0 unspecified atom stereocenters. The van der Waals surface area contributed by atoms with E-state index in [9.17, 15) is 0 Å². The Morgan fingerprint density at radius 2 is 1.44 bits per heavy atom. The van der Waals surface area contributed by atoms with Gasteiger partial charge in [-0.15, -0.1) is 0 Å². The number of hydrogen-bond donors (Lipinski definition) is 0. The quantitative estimate of drug-likeness (QED) is 0.146. The van der Waals surface area contributed by atoms with Gasteiger partial charge in [0, 0.05) is 57.4 Å². The zero-order valence-corrected chi connectivity index (χ0v) is 25.4. The number of alkyl halides is 1. The van der Waals surface area contributed by atoms with Crippen molar-refractivity contribution in [3.05, 3.63) is 143 Å². The van der Waals surface area contributed by atoms with Crippen molar-refractivity contribution in [3.63, 3.8) is 0 Å². The maximum Gasteiger partial charge on any atom is 0.245 e. The summed E-state index contributed by atoms with van der Waals surface area (Å²) in [7, 11) is 0. The van der Waals surface area contributed by atoms with Crippen LogP contribution < -0.4 is 4.57 Å². The molecule has 0 spiro atoms. The minimum atomic E-state index is 0.